The van der Waals surface area contributed by atoms with E-state index in [4.69, 9.17) is 18.9 Å². The minimum Gasteiger partial charge on any atom is -0.457 e. The Morgan fingerprint density at radius 2 is 0.613 bits per heavy atom. The van der Waals surface area contributed by atoms with E-state index >= 15 is 0 Å². The van der Waals surface area contributed by atoms with Crippen LogP contribution in [0.5, 0.6) is 0 Å². The Balaban J connectivity index is 1.52. The maximum Gasteiger partial charge on any atom is 0.339 e. The number of benzene rings is 2. The molecule has 0 radical (unpaired) electrons. The predicted molar refractivity (Wildman–Crippen MR) is 226 cm³/mol. The molecule has 2 aromatic rings. The molecule has 0 spiro atoms. The quantitative estimate of drug-likeness (QED) is 0.150. The highest BCUT2D eigenvalue weighted by Gasteiger charge is 2.57. The summed E-state index contributed by atoms with van der Waals surface area (Å²) in [5.74, 6) is -3.48. The van der Waals surface area contributed by atoms with Crippen molar-refractivity contribution >= 4 is 34.6 Å². The van der Waals surface area contributed by atoms with Gasteiger partial charge in [-0.2, -0.15) is 20.3 Å². The summed E-state index contributed by atoms with van der Waals surface area (Å²) >= 11 is 0. The third-order valence-corrected chi connectivity index (χ3v) is 14.3. The van der Waals surface area contributed by atoms with Crippen molar-refractivity contribution in [3.63, 3.8) is 0 Å². The van der Waals surface area contributed by atoms with Crippen LogP contribution in [0.4, 0.5) is 0 Å². The molecule has 4 fully saturated rings. The lowest BCUT2D eigenvalue weighted by Gasteiger charge is -2.35. The first-order valence-electron chi connectivity index (χ1n) is 21.4. The van der Waals surface area contributed by atoms with Gasteiger partial charge in [0.05, 0.1) is 44.4 Å². The number of hydrogen-bond donors (Lipinski definition) is 4. The second-order valence-corrected chi connectivity index (χ2v) is 22.6. The fourth-order valence-electron chi connectivity index (χ4n) is 10.4. The van der Waals surface area contributed by atoms with Gasteiger partial charge in [0.25, 0.3) is 0 Å². The third kappa shape index (κ3) is 7.82. The van der Waals surface area contributed by atoms with E-state index in [2.05, 4.69) is 0 Å². The lowest BCUT2D eigenvalue weighted by atomic mass is 9.93. The van der Waals surface area contributed by atoms with Gasteiger partial charge in [0, 0.05) is 47.8 Å². The Kier molecular flexibility index (Phi) is 11.5. The van der Waals surface area contributed by atoms with Crippen LogP contribution in [-0.4, -0.2) is 134 Å². The van der Waals surface area contributed by atoms with Crippen LogP contribution < -0.4 is 0 Å². The van der Waals surface area contributed by atoms with Crippen LogP contribution >= 0.6 is 0 Å². The molecule has 4 unspecified atom stereocenters. The summed E-state index contributed by atoms with van der Waals surface area (Å²) in [5.41, 5.74) is -7.62. The molecular weight excluding hydrogens is 801 g/mol. The van der Waals surface area contributed by atoms with Gasteiger partial charge < -0.3 is 39.8 Å². The molecule has 16 heteroatoms. The van der Waals surface area contributed by atoms with Crippen LogP contribution in [0.1, 0.15) is 178 Å². The molecule has 4 aliphatic heterocycles. The van der Waals surface area contributed by atoms with E-state index in [1.54, 1.807) is 55.4 Å². The van der Waals surface area contributed by atoms with Crippen LogP contribution in [0.25, 0.3) is 10.8 Å². The van der Waals surface area contributed by atoms with Gasteiger partial charge >= 0.3 is 23.9 Å². The van der Waals surface area contributed by atoms with E-state index in [0.29, 0.717) is 0 Å². The van der Waals surface area contributed by atoms with Crippen molar-refractivity contribution in [1.29, 1.82) is 0 Å². The Hall–Kier alpha value is -3.74. The van der Waals surface area contributed by atoms with E-state index in [1.165, 1.54) is 24.3 Å². The summed E-state index contributed by atoms with van der Waals surface area (Å²) in [5, 5.41) is 48.9. The molecule has 62 heavy (non-hydrogen) atoms. The first kappa shape index (κ1) is 47.7. The van der Waals surface area contributed by atoms with Crippen LogP contribution in [0.2, 0.25) is 0 Å². The minimum atomic E-state index is -1.03. The molecule has 16 nitrogen and oxygen atoms in total. The first-order valence-corrected chi connectivity index (χ1v) is 21.4. The molecule has 0 aliphatic carbocycles. The molecular formula is C46H68N4O12. The van der Waals surface area contributed by atoms with Crippen molar-refractivity contribution in [2.45, 2.75) is 205 Å². The fraction of sp³-hybridized carbons (Fsp3) is 0.696. The standard InChI is InChI=1S/C46H68N4O12/c1-39(2)21-31(43(9,10)47(39)55)59-35(51)25-17-27-28(29(19-25)37(53)61-33-23-41(5,6)49(57)45(33,13)14)18-26(36(52)60-32-22-40(3,4)48(56)44(32,11)12)20-30(27)38(54)62-34-24-42(7,8)50(58)46(34,15)16/h17-20,31-34,55-58H,21-24H2,1-16H3. The minimum absolute atomic E-state index is 0.0670. The molecule has 4 N–H and O–H groups in total. The van der Waals surface area contributed by atoms with Gasteiger partial charge in [0.15, 0.2) is 0 Å². The average molecular weight is 869 g/mol. The van der Waals surface area contributed by atoms with E-state index in [0.717, 1.165) is 20.3 Å². The number of rotatable bonds is 8. The van der Waals surface area contributed by atoms with Crippen molar-refractivity contribution in [2.24, 2.45) is 0 Å². The van der Waals surface area contributed by atoms with E-state index in [9.17, 15) is 40.0 Å². The Labute approximate surface area is 364 Å². The van der Waals surface area contributed by atoms with Crippen LogP contribution in [0, 0.1) is 0 Å². The monoisotopic (exact) mass is 868 g/mol. The van der Waals surface area contributed by atoms with Crippen LogP contribution in [-0.2, 0) is 18.9 Å². The van der Waals surface area contributed by atoms with Gasteiger partial charge in [0.2, 0.25) is 0 Å². The second-order valence-electron chi connectivity index (χ2n) is 22.6. The van der Waals surface area contributed by atoms with Crippen molar-refractivity contribution in [3.8, 4) is 0 Å². The summed E-state index contributed by atoms with van der Waals surface area (Å²) in [4.78, 5) is 57.9. The van der Waals surface area contributed by atoms with Gasteiger partial charge in [-0.15, -0.1) is 0 Å². The topological polar surface area (TPSA) is 199 Å². The Morgan fingerprint density at radius 1 is 0.403 bits per heavy atom. The molecule has 4 atom stereocenters. The number of ether oxygens (including phenoxy) is 4. The zero-order chi connectivity index (χ0) is 46.9. The van der Waals surface area contributed by atoms with E-state index in [1.807, 2.05) is 55.4 Å². The normalized spacial score (nSPS) is 29.4. The van der Waals surface area contributed by atoms with E-state index in [-0.39, 0.29) is 58.7 Å². The SMILES string of the molecule is CC1(C)CC(OC(=O)c2cc(C(=O)OC3CC(C)(C)N(O)C3(C)C)c3cc(C(=O)OC4CC(C)(C)N(O)C4(C)C)cc(C(=O)OC4CC(C)(C)N(O)C4(C)C)c3c2)C(C)(C)N1O. The van der Waals surface area contributed by atoms with Gasteiger partial charge in [-0.3, -0.25) is 0 Å². The van der Waals surface area contributed by atoms with Gasteiger partial charge in [0.1, 0.15) is 24.4 Å². The maximum absolute atomic E-state index is 14.7. The molecule has 0 bridgehead atoms. The zero-order valence-corrected chi connectivity index (χ0v) is 39.3. The van der Waals surface area contributed by atoms with Crippen LogP contribution in [0.15, 0.2) is 24.3 Å². The summed E-state index contributed by atoms with van der Waals surface area (Å²) in [6.45, 7) is 28.5. The van der Waals surface area contributed by atoms with Gasteiger partial charge in [-0.05, 0) is 146 Å². The molecule has 6 rings (SSSR count). The summed E-state index contributed by atoms with van der Waals surface area (Å²) < 4.78 is 24.5. The number of carbonyl (C=O) groups excluding carboxylic acids is 4. The molecule has 0 aromatic heterocycles. The highest BCUT2D eigenvalue weighted by molar-refractivity contribution is 6.15. The molecule has 4 heterocycles. The lowest BCUT2D eigenvalue weighted by Crippen LogP contribution is -2.49. The number of hydroxylamine groups is 8. The molecule has 344 valence electrons. The average Bonchev–Trinajstić information content (AvgIpc) is 3.56. The van der Waals surface area contributed by atoms with Crippen molar-refractivity contribution in [2.75, 3.05) is 0 Å². The second kappa shape index (κ2) is 14.9. The summed E-state index contributed by atoms with van der Waals surface area (Å²) in [6, 6.07) is 5.39. The van der Waals surface area contributed by atoms with E-state index < -0.39 is 92.6 Å². The Bertz CT molecular complexity index is 2020. The summed E-state index contributed by atoms with van der Waals surface area (Å²) in [7, 11) is 0. The highest BCUT2D eigenvalue weighted by atomic mass is 16.6. The van der Waals surface area contributed by atoms with Crippen molar-refractivity contribution in [3.05, 3.63) is 46.5 Å². The number of carbonyl (C=O) groups is 4. The fourth-order valence-corrected chi connectivity index (χ4v) is 10.4. The molecule has 0 amide bonds. The Morgan fingerprint density at radius 3 is 0.806 bits per heavy atom. The highest BCUT2D eigenvalue weighted by Crippen LogP contribution is 2.45. The predicted octanol–water partition coefficient (Wildman–Crippen LogP) is 7.55. The summed E-state index contributed by atoms with van der Waals surface area (Å²) in [6.07, 6.45) is -2.15. The van der Waals surface area contributed by atoms with Crippen LogP contribution in [0.3, 0.4) is 0 Å². The lowest BCUT2D eigenvalue weighted by molar-refractivity contribution is -0.201. The third-order valence-electron chi connectivity index (χ3n) is 14.3. The van der Waals surface area contributed by atoms with Gasteiger partial charge in [-0.25, -0.2) is 19.2 Å². The molecule has 0 saturated carbocycles. The molecule has 4 aliphatic rings. The number of fused-ring (bicyclic) bond motifs is 1. The molecule has 4 saturated heterocycles. The largest absolute Gasteiger partial charge is 0.457 e. The maximum atomic E-state index is 14.7. The van der Waals surface area contributed by atoms with Crippen molar-refractivity contribution < 1.29 is 59.0 Å². The number of nitrogens with zero attached hydrogens (tertiary/aromatic N) is 4. The smallest absolute Gasteiger partial charge is 0.339 e. The molecule has 2 aromatic carbocycles. The number of hydrogen-bond acceptors (Lipinski definition) is 16. The number of esters is 4. The van der Waals surface area contributed by atoms with Crippen molar-refractivity contribution in [1.82, 2.24) is 20.3 Å². The first-order chi connectivity index (χ1) is 28.0. The zero-order valence-electron chi connectivity index (χ0n) is 39.3. The van der Waals surface area contributed by atoms with Gasteiger partial charge in [-0.1, -0.05) is 0 Å².